The van der Waals surface area contributed by atoms with Gasteiger partial charge in [-0.15, -0.1) is 10.2 Å². The van der Waals surface area contributed by atoms with Gasteiger partial charge in [-0.2, -0.15) is 0 Å². The highest BCUT2D eigenvalue weighted by Crippen LogP contribution is 2.28. The lowest BCUT2D eigenvalue weighted by Gasteiger charge is -2.23. The molecule has 0 aliphatic rings. The predicted molar refractivity (Wildman–Crippen MR) is 114 cm³/mol. The van der Waals surface area contributed by atoms with Gasteiger partial charge in [0, 0.05) is 11.1 Å². The molecule has 0 fully saturated rings. The lowest BCUT2D eigenvalue weighted by atomic mass is 10.1. The van der Waals surface area contributed by atoms with Gasteiger partial charge < -0.3 is 5.32 Å². The van der Waals surface area contributed by atoms with Crippen molar-refractivity contribution in [3.05, 3.63) is 66.0 Å². The fourth-order valence-electron chi connectivity index (χ4n) is 2.78. The molecule has 0 unspecified atom stereocenters. The van der Waals surface area contributed by atoms with E-state index < -0.39 is 0 Å². The normalized spacial score (nSPS) is 12.6. The van der Waals surface area contributed by atoms with Gasteiger partial charge in [-0.3, -0.25) is 9.36 Å². The van der Waals surface area contributed by atoms with E-state index in [1.54, 1.807) is 12.1 Å². The Morgan fingerprint density at radius 2 is 1.76 bits per heavy atom. The van der Waals surface area contributed by atoms with Crippen molar-refractivity contribution in [3.8, 4) is 11.4 Å². The van der Waals surface area contributed by atoms with E-state index in [0.29, 0.717) is 17.5 Å². The number of nitrogens with zero attached hydrogens (tertiary/aromatic N) is 3. The van der Waals surface area contributed by atoms with Crippen LogP contribution in [0.5, 0.6) is 0 Å². The average molecular weight is 413 g/mol. The minimum atomic E-state index is -0.339. The molecule has 3 aromatic rings. The highest BCUT2D eigenvalue weighted by atomic mass is 32.2. The minimum absolute atomic E-state index is 0.0555. The van der Waals surface area contributed by atoms with Gasteiger partial charge in [-0.05, 0) is 57.5 Å². The molecule has 0 radical (unpaired) electrons. The first-order valence-electron chi connectivity index (χ1n) is 9.45. The molecule has 0 aliphatic carbocycles. The fraction of sp³-hybridized carbons (Fsp3) is 0.318. The zero-order chi connectivity index (χ0) is 21.0. The second-order valence-corrected chi connectivity index (χ2v) is 9.19. The zero-order valence-corrected chi connectivity index (χ0v) is 17.8. The first-order valence-corrected chi connectivity index (χ1v) is 10.3. The number of aromatic nitrogens is 3. The number of halogens is 1. The molecule has 0 saturated carbocycles. The Balaban J connectivity index is 1.92. The topological polar surface area (TPSA) is 59.8 Å². The molecule has 0 bridgehead atoms. The third-order valence-electron chi connectivity index (χ3n) is 4.15. The van der Waals surface area contributed by atoms with Crippen molar-refractivity contribution in [2.45, 2.75) is 50.2 Å². The second-order valence-electron chi connectivity index (χ2n) is 7.88. The standard InChI is InChI=1S/C22H25FN4OS/c1-15(20(28)24-22(2,3)4)29-21-26-25-19(17-10-12-18(23)13-11-17)27(21)14-16-8-6-5-7-9-16/h5-13,15H,14H2,1-4H3,(H,24,28)/t15-/m1/s1. The van der Waals surface area contributed by atoms with Gasteiger partial charge in [-0.1, -0.05) is 42.1 Å². The molecule has 7 heteroatoms. The van der Waals surface area contributed by atoms with Crippen LogP contribution in [0.2, 0.25) is 0 Å². The van der Waals surface area contributed by atoms with Gasteiger partial charge in [0.2, 0.25) is 5.91 Å². The van der Waals surface area contributed by atoms with Gasteiger partial charge in [0.1, 0.15) is 5.82 Å². The Morgan fingerprint density at radius 3 is 2.38 bits per heavy atom. The molecular formula is C22H25FN4OS. The summed E-state index contributed by atoms with van der Waals surface area (Å²) in [5.41, 5.74) is 1.56. The van der Waals surface area contributed by atoms with Crippen LogP contribution < -0.4 is 5.32 Å². The number of amides is 1. The number of benzene rings is 2. The Morgan fingerprint density at radius 1 is 1.10 bits per heavy atom. The smallest absolute Gasteiger partial charge is 0.233 e. The Kier molecular flexibility index (Phi) is 6.37. The number of thioether (sulfide) groups is 1. The lowest BCUT2D eigenvalue weighted by molar-refractivity contribution is -0.121. The van der Waals surface area contributed by atoms with Crippen molar-refractivity contribution in [1.82, 2.24) is 20.1 Å². The predicted octanol–water partition coefficient (Wildman–Crippen LogP) is 4.53. The minimum Gasteiger partial charge on any atom is -0.351 e. The molecule has 29 heavy (non-hydrogen) atoms. The van der Waals surface area contributed by atoms with E-state index in [4.69, 9.17) is 0 Å². The van der Waals surface area contributed by atoms with Gasteiger partial charge in [0.05, 0.1) is 11.8 Å². The Bertz CT molecular complexity index is 965. The van der Waals surface area contributed by atoms with Crippen molar-refractivity contribution in [2.24, 2.45) is 0 Å². The maximum Gasteiger partial charge on any atom is 0.233 e. The monoisotopic (exact) mass is 412 g/mol. The average Bonchev–Trinajstić information content (AvgIpc) is 3.04. The molecule has 1 aromatic heterocycles. The number of hydrogen-bond donors (Lipinski definition) is 1. The highest BCUT2D eigenvalue weighted by molar-refractivity contribution is 8.00. The van der Waals surface area contributed by atoms with E-state index in [0.717, 1.165) is 11.1 Å². The summed E-state index contributed by atoms with van der Waals surface area (Å²) in [4.78, 5) is 12.5. The number of nitrogens with one attached hydrogen (secondary N) is 1. The van der Waals surface area contributed by atoms with E-state index in [9.17, 15) is 9.18 Å². The number of rotatable bonds is 6. The number of carbonyl (C=O) groups excluding carboxylic acids is 1. The molecule has 1 heterocycles. The maximum atomic E-state index is 13.4. The van der Waals surface area contributed by atoms with Crippen molar-refractivity contribution < 1.29 is 9.18 Å². The van der Waals surface area contributed by atoms with Gasteiger partial charge in [0.25, 0.3) is 0 Å². The Hall–Kier alpha value is -2.67. The summed E-state index contributed by atoms with van der Waals surface area (Å²) in [6, 6.07) is 16.2. The van der Waals surface area contributed by atoms with Crippen LogP contribution in [0.15, 0.2) is 59.8 Å². The van der Waals surface area contributed by atoms with E-state index in [-0.39, 0.29) is 22.5 Å². The van der Waals surface area contributed by atoms with Crippen LogP contribution in [-0.4, -0.2) is 31.5 Å². The van der Waals surface area contributed by atoms with Crippen LogP contribution in [0.1, 0.15) is 33.3 Å². The van der Waals surface area contributed by atoms with E-state index in [2.05, 4.69) is 15.5 Å². The summed E-state index contributed by atoms with van der Waals surface area (Å²) in [7, 11) is 0. The molecule has 1 N–H and O–H groups in total. The quantitative estimate of drug-likeness (QED) is 0.605. The number of carbonyl (C=O) groups is 1. The third kappa shape index (κ3) is 5.67. The molecule has 0 spiro atoms. The molecule has 3 rings (SSSR count). The molecular weight excluding hydrogens is 387 g/mol. The molecule has 0 aliphatic heterocycles. The molecule has 1 atom stereocenters. The lowest BCUT2D eigenvalue weighted by Crippen LogP contribution is -2.44. The van der Waals surface area contributed by atoms with E-state index in [1.807, 2.05) is 62.6 Å². The summed E-state index contributed by atoms with van der Waals surface area (Å²) >= 11 is 1.36. The third-order valence-corrected chi connectivity index (χ3v) is 5.23. The number of hydrogen-bond acceptors (Lipinski definition) is 4. The van der Waals surface area contributed by atoms with Crippen molar-refractivity contribution in [2.75, 3.05) is 0 Å². The zero-order valence-electron chi connectivity index (χ0n) is 17.0. The largest absolute Gasteiger partial charge is 0.351 e. The summed E-state index contributed by atoms with van der Waals surface area (Å²) in [5, 5.41) is 12.0. The van der Waals surface area contributed by atoms with Crippen molar-refractivity contribution in [3.63, 3.8) is 0 Å². The molecule has 2 aromatic carbocycles. The first kappa shape index (κ1) is 21.0. The van der Waals surface area contributed by atoms with Gasteiger partial charge >= 0.3 is 0 Å². The van der Waals surface area contributed by atoms with Gasteiger partial charge in [-0.25, -0.2) is 4.39 Å². The first-order chi connectivity index (χ1) is 13.7. The van der Waals surface area contributed by atoms with E-state index in [1.165, 1.54) is 23.9 Å². The summed E-state index contributed by atoms with van der Waals surface area (Å²) < 4.78 is 15.3. The molecule has 152 valence electrons. The summed E-state index contributed by atoms with van der Waals surface area (Å²) in [6.07, 6.45) is 0. The van der Waals surface area contributed by atoms with Crippen LogP contribution in [-0.2, 0) is 11.3 Å². The van der Waals surface area contributed by atoms with Gasteiger partial charge in [0.15, 0.2) is 11.0 Å². The molecule has 0 saturated heterocycles. The summed E-state index contributed by atoms with van der Waals surface area (Å²) in [6.45, 7) is 8.26. The van der Waals surface area contributed by atoms with Crippen LogP contribution in [0.4, 0.5) is 4.39 Å². The highest BCUT2D eigenvalue weighted by Gasteiger charge is 2.23. The molecule has 1 amide bonds. The van der Waals surface area contributed by atoms with Crippen molar-refractivity contribution >= 4 is 17.7 Å². The maximum absolute atomic E-state index is 13.4. The van der Waals surface area contributed by atoms with E-state index >= 15 is 0 Å². The second kappa shape index (κ2) is 8.78. The fourth-order valence-corrected chi connectivity index (χ4v) is 3.63. The van der Waals surface area contributed by atoms with Crippen LogP contribution in [0.25, 0.3) is 11.4 Å². The molecule has 5 nitrogen and oxygen atoms in total. The van der Waals surface area contributed by atoms with Crippen molar-refractivity contribution in [1.29, 1.82) is 0 Å². The summed E-state index contributed by atoms with van der Waals surface area (Å²) in [5.74, 6) is 0.282. The van der Waals surface area contributed by atoms with Crippen LogP contribution in [0.3, 0.4) is 0 Å². The van der Waals surface area contributed by atoms with Crippen LogP contribution in [0, 0.1) is 5.82 Å². The SMILES string of the molecule is C[C@@H](Sc1nnc(-c2ccc(F)cc2)n1Cc1ccccc1)C(=O)NC(C)(C)C. The van der Waals surface area contributed by atoms with Crippen LogP contribution >= 0.6 is 11.8 Å². The Labute approximate surface area is 174 Å².